The van der Waals surface area contributed by atoms with Gasteiger partial charge in [0.25, 0.3) is 11.6 Å². The number of hydrogen-bond donors (Lipinski definition) is 1. The number of pyridine rings is 1. The van der Waals surface area contributed by atoms with E-state index in [4.69, 9.17) is 23.2 Å². The number of halogens is 3. The second kappa shape index (κ2) is 6.38. The molecule has 21 heavy (non-hydrogen) atoms. The Kier molecular flexibility index (Phi) is 4.76. The number of benzene rings is 1. The van der Waals surface area contributed by atoms with E-state index in [1.54, 1.807) is 0 Å². The molecular weight excluding hydrogens is 385 g/mol. The molecule has 0 aliphatic heterocycles. The maximum absolute atomic E-state index is 12.1. The molecule has 0 aliphatic carbocycles. The number of nitrogens with zero attached hydrogens (tertiary/aromatic N) is 2. The van der Waals surface area contributed by atoms with Crippen molar-refractivity contribution in [3.8, 4) is 0 Å². The van der Waals surface area contributed by atoms with E-state index >= 15 is 0 Å². The summed E-state index contributed by atoms with van der Waals surface area (Å²) >= 11 is 14.7. The highest BCUT2D eigenvalue weighted by Gasteiger charge is 2.20. The Labute approximate surface area is 137 Å². The van der Waals surface area contributed by atoms with Gasteiger partial charge in [-0.15, -0.1) is 0 Å². The number of carbonyl (C=O) groups excluding carboxylic acids is 1. The quantitative estimate of drug-likeness (QED) is 0.480. The van der Waals surface area contributed by atoms with Gasteiger partial charge in [0.2, 0.25) is 0 Å². The SMILES string of the molecule is O=C(Nc1cnc(Cl)c(Br)c1)c1cc(Cl)ccc1[N+](=O)[O-]. The summed E-state index contributed by atoms with van der Waals surface area (Å²) in [5, 5.41) is 13.9. The van der Waals surface area contributed by atoms with Gasteiger partial charge < -0.3 is 5.32 Å². The first-order valence-electron chi connectivity index (χ1n) is 5.45. The molecule has 0 saturated carbocycles. The van der Waals surface area contributed by atoms with E-state index in [0.29, 0.717) is 10.2 Å². The van der Waals surface area contributed by atoms with E-state index in [9.17, 15) is 14.9 Å². The van der Waals surface area contributed by atoms with Crippen molar-refractivity contribution >= 4 is 56.4 Å². The first kappa shape index (κ1) is 15.7. The Hall–Kier alpha value is -1.70. The van der Waals surface area contributed by atoms with Crippen LogP contribution >= 0.6 is 39.1 Å². The van der Waals surface area contributed by atoms with E-state index in [1.807, 2.05) is 0 Å². The molecule has 0 fully saturated rings. The van der Waals surface area contributed by atoms with Crippen molar-refractivity contribution in [3.63, 3.8) is 0 Å². The third-order valence-corrected chi connectivity index (χ3v) is 3.82. The summed E-state index contributed by atoms with van der Waals surface area (Å²) in [6, 6.07) is 5.28. The topological polar surface area (TPSA) is 85.1 Å². The average molecular weight is 391 g/mol. The number of rotatable bonds is 3. The minimum absolute atomic E-state index is 0.140. The van der Waals surface area contributed by atoms with E-state index < -0.39 is 10.8 Å². The Bertz CT molecular complexity index is 740. The zero-order valence-electron chi connectivity index (χ0n) is 10.1. The summed E-state index contributed by atoms with van der Waals surface area (Å²) < 4.78 is 0.488. The molecule has 2 aromatic rings. The Morgan fingerprint density at radius 2 is 2.05 bits per heavy atom. The highest BCUT2D eigenvalue weighted by Crippen LogP contribution is 2.26. The van der Waals surface area contributed by atoms with Crippen molar-refractivity contribution in [1.29, 1.82) is 0 Å². The number of nitrogens with one attached hydrogen (secondary N) is 1. The summed E-state index contributed by atoms with van der Waals surface area (Å²) in [6.07, 6.45) is 1.33. The smallest absolute Gasteiger partial charge is 0.282 e. The Balaban J connectivity index is 2.34. The molecular formula is C12H6BrCl2N3O3. The van der Waals surface area contributed by atoms with Crippen molar-refractivity contribution in [1.82, 2.24) is 4.98 Å². The minimum atomic E-state index is -0.666. The van der Waals surface area contributed by atoms with Gasteiger partial charge in [-0.05, 0) is 34.1 Å². The van der Waals surface area contributed by atoms with Gasteiger partial charge in [0, 0.05) is 11.1 Å². The fraction of sp³-hybridized carbons (Fsp3) is 0. The van der Waals surface area contributed by atoms with Crippen LogP contribution < -0.4 is 5.32 Å². The number of hydrogen-bond acceptors (Lipinski definition) is 4. The van der Waals surface area contributed by atoms with E-state index in [-0.39, 0.29) is 21.4 Å². The third kappa shape index (κ3) is 3.69. The largest absolute Gasteiger partial charge is 0.320 e. The lowest BCUT2D eigenvalue weighted by molar-refractivity contribution is -0.385. The Morgan fingerprint density at radius 3 is 2.67 bits per heavy atom. The summed E-state index contributed by atoms with van der Waals surface area (Å²) in [4.78, 5) is 26.3. The maximum atomic E-state index is 12.1. The number of nitro benzene ring substituents is 1. The van der Waals surface area contributed by atoms with Crippen molar-refractivity contribution in [2.24, 2.45) is 0 Å². The van der Waals surface area contributed by atoms with Crippen LogP contribution in [0.15, 0.2) is 34.9 Å². The van der Waals surface area contributed by atoms with Crippen LogP contribution in [-0.4, -0.2) is 15.8 Å². The number of anilines is 1. The van der Waals surface area contributed by atoms with Gasteiger partial charge in [-0.25, -0.2) is 4.98 Å². The lowest BCUT2D eigenvalue weighted by Crippen LogP contribution is -2.14. The number of carbonyl (C=O) groups is 1. The molecule has 0 unspecified atom stereocenters. The molecule has 1 amide bonds. The highest BCUT2D eigenvalue weighted by atomic mass is 79.9. The molecule has 0 saturated heterocycles. The molecule has 0 atom stereocenters. The van der Waals surface area contributed by atoms with Crippen LogP contribution in [0.2, 0.25) is 10.2 Å². The van der Waals surface area contributed by atoms with Crippen molar-refractivity contribution in [3.05, 3.63) is 60.8 Å². The fourth-order valence-corrected chi connectivity index (χ4v) is 2.16. The zero-order valence-corrected chi connectivity index (χ0v) is 13.2. The molecule has 1 heterocycles. The van der Waals surface area contributed by atoms with Crippen LogP contribution in [0.25, 0.3) is 0 Å². The molecule has 1 aromatic heterocycles. The van der Waals surface area contributed by atoms with Gasteiger partial charge in [0.15, 0.2) is 0 Å². The van der Waals surface area contributed by atoms with Gasteiger partial charge in [0.1, 0.15) is 10.7 Å². The molecule has 108 valence electrons. The van der Waals surface area contributed by atoms with Gasteiger partial charge in [-0.3, -0.25) is 14.9 Å². The lowest BCUT2D eigenvalue weighted by Gasteiger charge is -2.07. The zero-order chi connectivity index (χ0) is 15.6. The normalized spacial score (nSPS) is 10.2. The van der Waals surface area contributed by atoms with Gasteiger partial charge in [0.05, 0.1) is 21.3 Å². The summed E-state index contributed by atoms with van der Waals surface area (Å²) in [5.41, 5.74) is -0.137. The molecule has 6 nitrogen and oxygen atoms in total. The fourth-order valence-electron chi connectivity index (χ4n) is 1.54. The van der Waals surface area contributed by atoms with Crippen LogP contribution in [0, 0.1) is 10.1 Å². The lowest BCUT2D eigenvalue weighted by atomic mass is 10.1. The molecule has 9 heteroatoms. The molecule has 2 rings (SSSR count). The van der Waals surface area contributed by atoms with Crippen molar-refractivity contribution < 1.29 is 9.72 Å². The Morgan fingerprint density at radius 1 is 1.33 bits per heavy atom. The molecule has 0 aliphatic rings. The molecule has 0 radical (unpaired) electrons. The predicted octanol–water partition coefficient (Wildman–Crippen LogP) is 4.31. The first-order chi connectivity index (χ1) is 9.88. The molecule has 0 bridgehead atoms. The average Bonchev–Trinajstić information content (AvgIpc) is 2.42. The summed E-state index contributed by atoms with van der Waals surface area (Å²) in [5.74, 6) is -0.666. The van der Waals surface area contributed by atoms with Crippen LogP contribution in [-0.2, 0) is 0 Å². The predicted molar refractivity (Wildman–Crippen MR) is 83.0 cm³/mol. The van der Waals surface area contributed by atoms with Crippen molar-refractivity contribution in [2.75, 3.05) is 5.32 Å². The summed E-state index contributed by atoms with van der Waals surface area (Å²) in [6.45, 7) is 0. The molecule has 1 aromatic carbocycles. The monoisotopic (exact) mass is 389 g/mol. The second-order valence-corrected chi connectivity index (χ2v) is 5.52. The number of aromatic nitrogens is 1. The molecule has 0 spiro atoms. The minimum Gasteiger partial charge on any atom is -0.320 e. The van der Waals surface area contributed by atoms with Crippen molar-refractivity contribution in [2.45, 2.75) is 0 Å². The second-order valence-electron chi connectivity index (χ2n) is 3.87. The van der Waals surface area contributed by atoms with E-state index in [2.05, 4.69) is 26.2 Å². The van der Waals surface area contributed by atoms with Gasteiger partial charge >= 0.3 is 0 Å². The van der Waals surface area contributed by atoms with Crippen LogP contribution in [0.4, 0.5) is 11.4 Å². The van der Waals surface area contributed by atoms with Crippen LogP contribution in [0.1, 0.15) is 10.4 Å². The van der Waals surface area contributed by atoms with E-state index in [0.717, 1.165) is 0 Å². The van der Waals surface area contributed by atoms with Crippen LogP contribution in [0.3, 0.4) is 0 Å². The van der Waals surface area contributed by atoms with Gasteiger partial charge in [-0.2, -0.15) is 0 Å². The van der Waals surface area contributed by atoms with Crippen LogP contribution in [0.5, 0.6) is 0 Å². The third-order valence-electron chi connectivity index (χ3n) is 2.45. The van der Waals surface area contributed by atoms with Gasteiger partial charge in [-0.1, -0.05) is 23.2 Å². The number of amides is 1. The highest BCUT2D eigenvalue weighted by molar-refractivity contribution is 9.10. The first-order valence-corrected chi connectivity index (χ1v) is 6.99. The molecule has 1 N–H and O–H groups in total. The number of nitro groups is 1. The van der Waals surface area contributed by atoms with E-state index in [1.165, 1.54) is 30.5 Å². The summed E-state index contributed by atoms with van der Waals surface area (Å²) in [7, 11) is 0. The standard InChI is InChI=1S/C12H6BrCl2N3O3/c13-9-4-7(5-16-11(9)15)17-12(19)8-3-6(14)1-2-10(8)18(20)21/h1-5H,(H,17,19). The maximum Gasteiger partial charge on any atom is 0.282 e.